The fourth-order valence-electron chi connectivity index (χ4n) is 4.11. The third-order valence-corrected chi connectivity index (χ3v) is 5.77. The van der Waals surface area contributed by atoms with Crippen molar-refractivity contribution in [1.82, 2.24) is 9.55 Å². The number of hydrogen-bond acceptors (Lipinski definition) is 3. The van der Waals surface area contributed by atoms with Gasteiger partial charge in [0.05, 0.1) is 17.6 Å². The molecule has 1 aliphatic rings. The molecule has 4 aromatic rings. The molecule has 0 saturated carbocycles. The van der Waals surface area contributed by atoms with Crippen LogP contribution in [0.15, 0.2) is 66.7 Å². The topological polar surface area (TPSA) is 50.2 Å². The normalized spacial score (nSPS) is 13.3. The third-order valence-electron chi connectivity index (χ3n) is 5.77. The van der Waals surface area contributed by atoms with E-state index in [-0.39, 0.29) is 5.91 Å². The van der Waals surface area contributed by atoms with Gasteiger partial charge in [-0.25, -0.2) is 4.98 Å². The lowest BCUT2D eigenvalue weighted by molar-refractivity contribution is 0.102. The number of carbonyl (C=O) groups is 1. The zero-order chi connectivity index (χ0) is 20.7. The Morgan fingerprint density at radius 2 is 1.83 bits per heavy atom. The molecular formula is C25H24N4O. The predicted octanol–water partition coefficient (Wildman–Crippen LogP) is 4.93. The summed E-state index contributed by atoms with van der Waals surface area (Å²) in [5.74, 6) is 0.993. The number of carbonyl (C=O) groups excluding carboxylic acids is 1. The SMILES string of the molecule is Cc1cccc(C(=O)Nc2cc(N3CCn4c(nc5ccccc54)C3)ccc2C)c1. The summed E-state index contributed by atoms with van der Waals surface area (Å²) in [6, 6.07) is 22.2. The lowest BCUT2D eigenvalue weighted by Crippen LogP contribution is -2.33. The van der Waals surface area contributed by atoms with Crippen LogP contribution in [0.2, 0.25) is 0 Å². The Balaban J connectivity index is 1.40. The Morgan fingerprint density at radius 3 is 2.70 bits per heavy atom. The van der Waals surface area contributed by atoms with Crippen LogP contribution < -0.4 is 10.2 Å². The van der Waals surface area contributed by atoms with Crippen LogP contribution in [0.1, 0.15) is 27.3 Å². The van der Waals surface area contributed by atoms with E-state index < -0.39 is 0 Å². The number of amides is 1. The summed E-state index contributed by atoms with van der Waals surface area (Å²) < 4.78 is 2.31. The van der Waals surface area contributed by atoms with Gasteiger partial charge in [-0.05, 0) is 55.8 Å². The van der Waals surface area contributed by atoms with Crippen LogP contribution in [0.4, 0.5) is 11.4 Å². The molecule has 1 aromatic heterocycles. The molecule has 1 amide bonds. The van der Waals surface area contributed by atoms with Gasteiger partial charge in [0.15, 0.2) is 0 Å². The van der Waals surface area contributed by atoms with Crippen molar-refractivity contribution >= 4 is 28.3 Å². The van der Waals surface area contributed by atoms with E-state index in [1.165, 1.54) is 5.52 Å². The fourth-order valence-corrected chi connectivity index (χ4v) is 4.11. The average molecular weight is 396 g/mol. The molecule has 2 heterocycles. The fraction of sp³-hybridized carbons (Fsp3) is 0.200. The predicted molar refractivity (Wildman–Crippen MR) is 121 cm³/mol. The van der Waals surface area contributed by atoms with Crippen LogP contribution >= 0.6 is 0 Å². The largest absolute Gasteiger partial charge is 0.362 e. The molecular weight excluding hydrogens is 372 g/mol. The van der Waals surface area contributed by atoms with Crippen LogP contribution in [-0.4, -0.2) is 22.0 Å². The molecule has 0 spiro atoms. The molecule has 5 heteroatoms. The minimum atomic E-state index is -0.0839. The van der Waals surface area contributed by atoms with Gasteiger partial charge in [0, 0.05) is 30.0 Å². The van der Waals surface area contributed by atoms with Gasteiger partial charge in [-0.2, -0.15) is 0 Å². The van der Waals surface area contributed by atoms with Crippen molar-refractivity contribution in [3.05, 3.63) is 89.2 Å². The van der Waals surface area contributed by atoms with Gasteiger partial charge in [0.1, 0.15) is 5.82 Å². The number of nitrogens with one attached hydrogen (secondary N) is 1. The standard InChI is InChI=1S/C25H24N4O/c1-17-6-5-7-19(14-17)25(30)27-22-15-20(11-10-18(22)2)28-12-13-29-23-9-4-3-8-21(23)26-24(29)16-28/h3-11,14-15H,12-13,16H2,1-2H3,(H,27,30). The lowest BCUT2D eigenvalue weighted by Gasteiger charge is -2.30. The number of para-hydroxylation sites is 2. The summed E-state index contributed by atoms with van der Waals surface area (Å²) in [6.07, 6.45) is 0. The van der Waals surface area contributed by atoms with Crippen LogP contribution in [0.25, 0.3) is 11.0 Å². The molecule has 150 valence electrons. The van der Waals surface area contributed by atoms with Crippen molar-refractivity contribution in [2.45, 2.75) is 26.9 Å². The minimum absolute atomic E-state index is 0.0839. The Bertz CT molecular complexity index is 1260. The Hall–Kier alpha value is -3.60. The minimum Gasteiger partial charge on any atom is -0.362 e. The van der Waals surface area contributed by atoms with Crippen LogP contribution in [-0.2, 0) is 13.1 Å². The second-order valence-corrected chi connectivity index (χ2v) is 7.91. The number of anilines is 2. The number of aromatic nitrogens is 2. The molecule has 0 radical (unpaired) electrons. The molecule has 5 nitrogen and oxygen atoms in total. The number of rotatable bonds is 3. The van der Waals surface area contributed by atoms with Crippen molar-refractivity contribution in [1.29, 1.82) is 0 Å². The quantitative estimate of drug-likeness (QED) is 0.534. The molecule has 0 fully saturated rings. The molecule has 1 aliphatic heterocycles. The van der Waals surface area contributed by atoms with E-state index in [9.17, 15) is 4.79 Å². The number of nitrogens with zero attached hydrogens (tertiary/aromatic N) is 3. The second-order valence-electron chi connectivity index (χ2n) is 7.91. The first-order chi connectivity index (χ1) is 14.6. The van der Waals surface area contributed by atoms with E-state index in [2.05, 4.69) is 51.2 Å². The van der Waals surface area contributed by atoms with E-state index in [1.807, 2.05) is 44.2 Å². The number of aryl methyl sites for hydroxylation is 2. The molecule has 0 unspecified atom stereocenters. The van der Waals surface area contributed by atoms with Gasteiger partial charge < -0.3 is 14.8 Å². The van der Waals surface area contributed by atoms with E-state index in [0.717, 1.165) is 53.5 Å². The smallest absolute Gasteiger partial charge is 0.255 e. The van der Waals surface area contributed by atoms with Gasteiger partial charge in [0.2, 0.25) is 0 Å². The van der Waals surface area contributed by atoms with Crippen molar-refractivity contribution in [3.63, 3.8) is 0 Å². The zero-order valence-corrected chi connectivity index (χ0v) is 17.2. The lowest BCUT2D eigenvalue weighted by atomic mass is 10.1. The van der Waals surface area contributed by atoms with Crippen molar-refractivity contribution < 1.29 is 4.79 Å². The summed E-state index contributed by atoms with van der Waals surface area (Å²) in [5, 5.41) is 3.09. The molecule has 30 heavy (non-hydrogen) atoms. The van der Waals surface area contributed by atoms with Crippen LogP contribution in [0.3, 0.4) is 0 Å². The van der Waals surface area contributed by atoms with Gasteiger partial charge in [-0.3, -0.25) is 4.79 Å². The molecule has 0 aliphatic carbocycles. The molecule has 5 rings (SSSR count). The average Bonchev–Trinajstić information content (AvgIpc) is 3.13. The highest BCUT2D eigenvalue weighted by atomic mass is 16.1. The first-order valence-electron chi connectivity index (χ1n) is 10.3. The maximum Gasteiger partial charge on any atom is 0.255 e. The number of fused-ring (bicyclic) bond motifs is 3. The summed E-state index contributed by atoms with van der Waals surface area (Å²) in [5.41, 5.74) is 6.97. The number of imidazole rings is 1. The summed E-state index contributed by atoms with van der Waals surface area (Å²) in [7, 11) is 0. The van der Waals surface area contributed by atoms with Crippen LogP contribution in [0.5, 0.6) is 0 Å². The van der Waals surface area contributed by atoms with Crippen molar-refractivity contribution in [2.24, 2.45) is 0 Å². The highest BCUT2D eigenvalue weighted by molar-refractivity contribution is 6.05. The first-order valence-corrected chi connectivity index (χ1v) is 10.3. The first kappa shape index (κ1) is 18.4. The van der Waals surface area contributed by atoms with Crippen LogP contribution in [0, 0.1) is 13.8 Å². The maximum absolute atomic E-state index is 12.7. The second kappa shape index (κ2) is 7.34. The molecule has 0 bridgehead atoms. The Labute approximate surface area is 176 Å². The van der Waals surface area contributed by atoms with Gasteiger partial charge >= 0.3 is 0 Å². The highest BCUT2D eigenvalue weighted by Crippen LogP contribution is 2.28. The summed E-state index contributed by atoms with van der Waals surface area (Å²) >= 11 is 0. The Morgan fingerprint density at radius 1 is 0.967 bits per heavy atom. The van der Waals surface area contributed by atoms with E-state index in [0.29, 0.717) is 5.56 Å². The monoisotopic (exact) mass is 396 g/mol. The molecule has 3 aromatic carbocycles. The van der Waals surface area contributed by atoms with E-state index in [1.54, 1.807) is 0 Å². The third kappa shape index (κ3) is 3.32. The van der Waals surface area contributed by atoms with Crippen molar-refractivity contribution in [3.8, 4) is 0 Å². The maximum atomic E-state index is 12.7. The zero-order valence-electron chi connectivity index (χ0n) is 17.2. The highest BCUT2D eigenvalue weighted by Gasteiger charge is 2.21. The van der Waals surface area contributed by atoms with Crippen molar-refractivity contribution in [2.75, 3.05) is 16.8 Å². The van der Waals surface area contributed by atoms with Gasteiger partial charge in [-0.15, -0.1) is 0 Å². The number of hydrogen-bond donors (Lipinski definition) is 1. The molecule has 1 N–H and O–H groups in total. The van der Waals surface area contributed by atoms with Gasteiger partial charge in [-0.1, -0.05) is 35.9 Å². The van der Waals surface area contributed by atoms with E-state index in [4.69, 9.17) is 4.98 Å². The van der Waals surface area contributed by atoms with E-state index >= 15 is 0 Å². The molecule has 0 saturated heterocycles. The van der Waals surface area contributed by atoms with Gasteiger partial charge in [0.25, 0.3) is 5.91 Å². The summed E-state index contributed by atoms with van der Waals surface area (Å²) in [4.78, 5) is 19.9. The molecule has 0 atom stereocenters. The number of benzene rings is 3. The Kier molecular flexibility index (Phi) is 4.51. The summed E-state index contributed by atoms with van der Waals surface area (Å²) in [6.45, 7) is 6.57.